The molecule has 0 spiro atoms. The molecule has 0 saturated heterocycles. The maximum absolute atomic E-state index is 11.3. The first-order valence-electron chi connectivity index (χ1n) is 5.41. The van der Waals surface area contributed by atoms with Gasteiger partial charge in [0.15, 0.2) is 0 Å². The molecule has 0 aliphatic rings. The van der Waals surface area contributed by atoms with Crippen molar-refractivity contribution in [2.24, 2.45) is 0 Å². The van der Waals surface area contributed by atoms with Gasteiger partial charge in [0.05, 0.1) is 17.7 Å². The van der Waals surface area contributed by atoms with Crippen LogP contribution >= 0.6 is 23.2 Å². The highest BCUT2D eigenvalue weighted by Gasteiger charge is 2.07. The molecule has 2 rings (SSSR count). The quantitative estimate of drug-likeness (QED) is 0.778. The predicted octanol–water partition coefficient (Wildman–Crippen LogP) is 4.57. The summed E-state index contributed by atoms with van der Waals surface area (Å²) in [5.74, 6) is 0.615. The van der Waals surface area contributed by atoms with E-state index in [-0.39, 0.29) is 0 Å². The lowest BCUT2D eigenvalue weighted by atomic mass is 10.2. The van der Waals surface area contributed by atoms with Gasteiger partial charge in [-0.2, -0.15) is 0 Å². The van der Waals surface area contributed by atoms with E-state index in [1.54, 1.807) is 42.5 Å². The monoisotopic (exact) mass is 296 g/mol. The molecule has 0 aliphatic heterocycles. The summed E-state index contributed by atoms with van der Waals surface area (Å²) in [4.78, 5) is 11.3. The Morgan fingerprint density at radius 2 is 1.74 bits per heavy atom. The largest absolute Gasteiger partial charge is 0.465 e. The molecule has 0 radical (unpaired) electrons. The van der Waals surface area contributed by atoms with E-state index in [0.29, 0.717) is 27.1 Å². The van der Waals surface area contributed by atoms with Crippen molar-refractivity contribution in [3.05, 3.63) is 58.1 Å². The maximum atomic E-state index is 11.3. The van der Waals surface area contributed by atoms with Crippen molar-refractivity contribution in [3.63, 3.8) is 0 Å². The lowest BCUT2D eigenvalue weighted by molar-refractivity contribution is 0.0600. The molecule has 0 N–H and O–H groups in total. The third-order valence-electron chi connectivity index (χ3n) is 2.40. The van der Waals surface area contributed by atoms with Gasteiger partial charge in [0, 0.05) is 11.1 Å². The molecule has 0 atom stereocenters. The summed E-state index contributed by atoms with van der Waals surface area (Å²) in [5, 5.41) is 0.993. The Labute approximate surface area is 120 Å². The number of ether oxygens (including phenoxy) is 2. The average molecular weight is 297 g/mol. The molecule has 0 aliphatic carbocycles. The SMILES string of the molecule is COC(=O)c1ccc(Oc2cc(Cl)ccc2Cl)cc1. The van der Waals surface area contributed by atoms with Gasteiger partial charge in [0.1, 0.15) is 11.5 Å². The number of esters is 1. The minimum Gasteiger partial charge on any atom is -0.465 e. The second-order valence-corrected chi connectivity index (χ2v) is 4.54. The minimum atomic E-state index is -0.396. The second kappa shape index (κ2) is 5.95. The summed E-state index contributed by atoms with van der Waals surface area (Å²) in [6.07, 6.45) is 0. The first-order valence-corrected chi connectivity index (χ1v) is 6.17. The summed E-state index contributed by atoms with van der Waals surface area (Å²) >= 11 is 11.9. The minimum absolute atomic E-state index is 0.396. The molecule has 3 nitrogen and oxygen atoms in total. The van der Waals surface area contributed by atoms with E-state index < -0.39 is 5.97 Å². The first kappa shape index (κ1) is 13.7. The van der Waals surface area contributed by atoms with E-state index in [0.717, 1.165) is 0 Å². The van der Waals surface area contributed by atoms with E-state index in [4.69, 9.17) is 27.9 Å². The van der Waals surface area contributed by atoms with E-state index in [1.807, 2.05) is 0 Å². The zero-order valence-electron chi connectivity index (χ0n) is 10.0. The molecule has 0 bridgehead atoms. The molecule has 0 saturated carbocycles. The molecule has 0 aromatic heterocycles. The highest BCUT2D eigenvalue weighted by molar-refractivity contribution is 6.34. The molecule has 2 aromatic carbocycles. The van der Waals surface area contributed by atoms with Gasteiger partial charge in [-0.15, -0.1) is 0 Å². The standard InChI is InChI=1S/C14H10Cl2O3/c1-18-14(17)9-2-5-11(6-3-9)19-13-8-10(15)4-7-12(13)16/h2-8H,1H3. The zero-order valence-corrected chi connectivity index (χ0v) is 11.5. The van der Waals surface area contributed by atoms with Crippen LogP contribution in [0.25, 0.3) is 0 Å². The van der Waals surface area contributed by atoms with Crippen LogP contribution in [-0.4, -0.2) is 13.1 Å². The van der Waals surface area contributed by atoms with Crippen LogP contribution in [0.5, 0.6) is 11.5 Å². The van der Waals surface area contributed by atoms with Gasteiger partial charge in [-0.05, 0) is 36.4 Å². The Kier molecular flexibility index (Phi) is 4.30. The van der Waals surface area contributed by atoms with Gasteiger partial charge >= 0.3 is 5.97 Å². The zero-order chi connectivity index (χ0) is 13.8. The van der Waals surface area contributed by atoms with E-state index >= 15 is 0 Å². The molecular formula is C14H10Cl2O3. The maximum Gasteiger partial charge on any atom is 0.337 e. The molecular weight excluding hydrogens is 287 g/mol. The summed E-state index contributed by atoms with van der Waals surface area (Å²) in [5.41, 5.74) is 0.451. The van der Waals surface area contributed by atoms with Gasteiger partial charge in [0.2, 0.25) is 0 Å². The van der Waals surface area contributed by atoms with Crippen LogP contribution in [0.15, 0.2) is 42.5 Å². The number of hydrogen-bond donors (Lipinski definition) is 0. The second-order valence-electron chi connectivity index (χ2n) is 3.69. The van der Waals surface area contributed by atoms with Crippen molar-refractivity contribution >= 4 is 29.2 Å². The van der Waals surface area contributed by atoms with E-state index in [1.165, 1.54) is 7.11 Å². The summed E-state index contributed by atoms with van der Waals surface area (Å²) in [6.45, 7) is 0. The molecule has 0 fully saturated rings. The Balaban J connectivity index is 2.19. The lowest BCUT2D eigenvalue weighted by Crippen LogP contribution is -2.00. The summed E-state index contributed by atoms with van der Waals surface area (Å²) in [7, 11) is 1.33. The van der Waals surface area contributed by atoms with Crippen LogP contribution < -0.4 is 4.74 Å². The first-order chi connectivity index (χ1) is 9.10. The number of carbonyl (C=O) groups is 1. The van der Waals surface area contributed by atoms with E-state index in [9.17, 15) is 4.79 Å². The third-order valence-corrected chi connectivity index (χ3v) is 2.94. The molecule has 98 valence electrons. The Morgan fingerprint density at radius 1 is 1.05 bits per heavy atom. The third kappa shape index (κ3) is 3.40. The summed E-state index contributed by atoms with van der Waals surface area (Å²) < 4.78 is 10.2. The van der Waals surface area contributed by atoms with Crippen molar-refractivity contribution in [3.8, 4) is 11.5 Å². The van der Waals surface area contributed by atoms with Crippen molar-refractivity contribution < 1.29 is 14.3 Å². The van der Waals surface area contributed by atoms with Crippen molar-refractivity contribution in [2.75, 3.05) is 7.11 Å². The smallest absolute Gasteiger partial charge is 0.337 e. The molecule has 2 aromatic rings. The van der Waals surface area contributed by atoms with Gasteiger partial charge < -0.3 is 9.47 Å². The van der Waals surface area contributed by atoms with Gasteiger partial charge in [-0.1, -0.05) is 23.2 Å². The number of methoxy groups -OCH3 is 1. The Hall–Kier alpha value is -1.71. The lowest BCUT2D eigenvalue weighted by Gasteiger charge is -2.08. The van der Waals surface area contributed by atoms with Crippen molar-refractivity contribution in [1.29, 1.82) is 0 Å². The highest BCUT2D eigenvalue weighted by atomic mass is 35.5. The summed E-state index contributed by atoms with van der Waals surface area (Å²) in [6, 6.07) is 11.5. The molecule has 0 unspecified atom stereocenters. The van der Waals surface area contributed by atoms with Crippen LogP contribution in [-0.2, 0) is 4.74 Å². The fourth-order valence-corrected chi connectivity index (χ4v) is 1.78. The molecule has 0 heterocycles. The van der Waals surface area contributed by atoms with Crippen LogP contribution in [0.2, 0.25) is 10.0 Å². The average Bonchev–Trinajstić information content (AvgIpc) is 2.43. The number of halogens is 2. The molecule has 19 heavy (non-hydrogen) atoms. The topological polar surface area (TPSA) is 35.5 Å². The number of carbonyl (C=O) groups excluding carboxylic acids is 1. The van der Waals surface area contributed by atoms with Gasteiger partial charge in [-0.25, -0.2) is 4.79 Å². The van der Waals surface area contributed by atoms with Crippen LogP contribution in [0.1, 0.15) is 10.4 Å². The fourth-order valence-electron chi connectivity index (χ4n) is 1.46. The van der Waals surface area contributed by atoms with Crippen molar-refractivity contribution in [1.82, 2.24) is 0 Å². The van der Waals surface area contributed by atoms with Crippen LogP contribution in [0, 0.1) is 0 Å². The Morgan fingerprint density at radius 3 is 2.37 bits per heavy atom. The van der Waals surface area contributed by atoms with E-state index in [2.05, 4.69) is 4.74 Å². The van der Waals surface area contributed by atoms with Crippen LogP contribution in [0.3, 0.4) is 0 Å². The predicted molar refractivity (Wildman–Crippen MR) is 74.3 cm³/mol. The number of hydrogen-bond acceptors (Lipinski definition) is 3. The fraction of sp³-hybridized carbons (Fsp3) is 0.0714. The highest BCUT2D eigenvalue weighted by Crippen LogP contribution is 2.31. The van der Waals surface area contributed by atoms with Crippen LogP contribution in [0.4, 0.5) is 0 Å². The number of benzene rings is 2. The molecule has 0 amide bonds. The van der Waals surface area contributed by atoms with Crippen molar-refractivity contribution in [2.45, 2.75) is 0 Å². The Bertz CT molecular complexity index is 594. The van der Waals surface area contributed by atoms with Gasteiger partial charge in [0.25, 0.3) is 0 Å². The number of rotatable bonds is 3. The molecule has 5 heteroatoms. The normalized spacial score (nSPS) is 10.1. The van der Waals surface area contributed by atoms with Gasteiger partial charge in [-0.3, -0.25) is 0 Å².